The number of fused-ring (bicyclic) bond motifs is 3. The molecule has 4 rings (SSSR count). The van der Waals surface area contributed by atoms with E-state index in [9.17, 15) is 5.11 Å². The Kier molecular flexibility index (Phi) is 3.43. The molecule has 1 aromatic carbocycles. The van der Waals surface area contributed by atoms with Crippen molar-refractivity contribution in [3.63, 3.8) is 0 Å². The monoisotopic (exact) mass is 316 g/mol. The summed E-state index contributed by atoms with van der Waals surface area (Å²) in [6, 6.07) is 6.07. The lowest BCUT2D eigenvalue weighted by atomic mass is 9.56. The SMILES string of the molecule is CC1=C[C@H](C)[C@@]2(CO)CO[C@@H](c3ccc4c(c3)OCO4)[C@@H]1[C@H]2C. The van der Waals surface area contributed by atoms with Crippen molar-refractivity contribution < 1.29 is 19.3 Å². The summed E-state index contributed by atoms with van der Waals surface area (Å²) in [4.78, 5) is 0. The highest BCUT2D eigenvalue weighted by Gasteiger charge is 2.53. The van der Waals surface area contributed by atoms with Crippen LogP contribution >= 0.6 is 0 Å². The summed E-state index contributed by atoms with van der Waals surface area (Å²) in [7, 11) is 0. The highest BCUT2D eigenvalue weighted by atomic mass is 16.7. The molecule has 0 saturated carbocycles. The van der Waals surface area contributed by atoms with Crippen LogP contribution in [-0.4, -0.2) is 25.1 Å². The number of hydrogen-bond donors (Lipinski definition) is 1. The molecule has 1 saturated heterocycles. The van der Waals surface area contributed by atoms with Crippen molar-refractivity contribution in [3.8, 4) is 11.5 Å². The average molecular weight is 316 g/mol. The van der Waals surface area contributed by atoms with E-state index >= 15 is 0 Å². The molecule has 1 aliphatic carbocycles. The molecule has 1 aromatic rings. The number of aliphatic hydroxyl groups excluding tert-OH is 1. The van der Waals surface area contributed by atoms with Gasteiger partial charge >= 0.3 is 0 Å². The Morgan fingerprint density at radius 3 is 2.78 bits per heavy atom. The first-order valence-electron chi connectivity index (χ1n) is 8.37. The summed E-state index contributed by atoms with van der Waals surface area (Å²) in [6.45, 7) is 7.68. The van der Waals surface area contributed by atoms with Crippen molar-refractivity contribution in [2.45, 2.75) is 26.9 Å². The first-order valence-corrected chi connectivity index (χ1v) is 8.37. The first-order chi connectivity index (χ1) is 11.1. The van der Waals surface area contributed by atoms with Crippen LogP contribution in [0.4, 0.5) is 0 Å². The minimum atomic E-state index is -0.170. The number of hydrogen-bond acceptors (Lipinski definition) is 4. The lowest BCUT2D eigenvalue weighted by Crippen LogP contribution is -2.53. The van der Waals surface area contributed by atoms with Gasteiger partial charge in [-0.3, -0.25) is 0 Å². The highest BCUT2D eigenvalue weighted by molar-refractivity contribution is 5.45. The molecule has 0 radical (unpaired) electrons. The van der Waals surface area contributed by atoms with Crippen LogP contribution < -0.4 is 9.47 Å². The number of allylic oxidation sites excluding steroid dienone is 1. The van der Waals surface area contributed by atoms with Crippen LogP contribution in [0.15, 0.2) is 29.8 Å². The third-order valence-electron chi connectivity index (χ3n) is 6.27. The zero-order chi connectivity index (χ0) is 16.2. The molecule has 1 N–H and O–H groups in total. The topological polar surface area (TPSA) is 47.9 Å². The Morgan fingerprint density at radius 1 is 1.22 bits per heavy atom. The molecule has 4 nitrogen and oxygen atoms in total. The highest BCUT2D eigenvalue weighted by Crippen LogP contribution is 2.56. The molecule has 23 heavy (non-hydrogen) atoms. The summed E-state index contributed by atoms with van der Waals surface area (Å²) >= 11 is 0. The summed E-state index contributed by atoms with van der Waals surface area (Å²) in [5.74, 6) is 2.58. The molecule has 2 aliphatic heterocycles. The minimum Gasteiger partial charge on any atom is -0.454 e. The van der Waals surface area contributed by atoms with Crippen molar-refractivity contribution in [1.82, 2.24) is 0 Å². The van der Waals surface area contributed by atoms with Gasteiger partial charge in [-0.1, -0.05) is 31.6 Å². The van der Waals surface area contributed by atoms with Crippen LogP contribution in [0.5, 0.6) is 11.5 Å². The van der Waals surface area contributed by atoms with Gasteiger partial charge in [-0.05, 0) is 36.5 Å². The van der Waals surface area contributed by atoms with Gasteiger partial charge in [0.2, 0.25) is 6.79 Å². The fraction of sp³-hybridized carbons (Fsp3) is 0.579. The molecule has 0 spiro atoms. The van der Waals surface area contributed by atoms with E-state index in [-0.39, 0.29) is 30.8 Å². The number of benzene rings is 1. The Balaban J connectivity index is 1.73. The second-order valence-corrected chi connectivity index (χ2v) is 7.25. The standard InChI is InChI=1S/C19H24O4/c1-11-6-12(2)19(8-20)9-21-18(17(11)13(19)3)14-4-5-15-16(7-14)23-10-22-15/h4-7,12-13,17-18,20H,8-10H2,1-3H3/t12-,13+,17-,18-,19+/m0/s1. The van der Waals surface area contributed by atoms with Crippen LogP contribution in [0, 0.1) is 23.2 Å². The van der Waals surface area contributed by atoms with Crippen LogP contribution in [-0.2, 0) is 4.74 Å². The van der Waals surface area contributed by atoms with Gasteiger partial charge in [0.25, 0.3) is 0 Å². The molecule has 2 bridgehead atoms. The summed E-state index contributed by atoms with van der Waals surface area (Å²) in [5.41, 5.74) is 2.31. The van der Waals surface area contributed by atoms with Gasteiger partial charge in [-0.15, -0.1) is 0 Å². The van der Waals surface area contributed by atoms with Crippen LogP contribution in [0.1, 0.15) is 32.4 Å². The van der Waals surface area contributed by atoms with Gasteiger partial charge < -0.3 is 19.3 Å². The van der Waals surface area contributed by atoms with E-state index in [1.807, 2.05) is 12.1 Å². The molecule has 0 unspecified atom stereocenters. The molecule has 0 aromatic heterocycles. The zero-order valence-electron chi connectivity index (χ0n) is 13.9. The van der Waals surface area contributed by atoms with Gasteiger partial charge in [0.1, 0.15) is 0 Å². The van der Waals surface area contributed by atoms with Gasteiger partial charge in [0.05, 0.1) is 19.3 Å². The van der Waals surface area contributed by atoms with Crippen LogP contribution in [0.2, 0.25) is 0 Å². The largest absolute Gasteiger partial charge is 0.454 e. The van der Waals surface area contributed by atoms with E-state index < -0.39 is 0 Å². The summed E-state index contributed by atoms with van der Waals surface area (Å²) in [5, 5.41) is 10.1. The third kappa shape index (κ3) is 2.05. The Morgan fingerprint density at radius 2 is 2.00 bits per heavy atom. The third-order valence-corrected chi connectivity index (χ3v) is 6.27. The summed E-state index contributed by atoms with van der Waals surface area (Å²) < 4.78 is 17.2. The minimum absolute atomic E-state index is 0.00271. The van der Waals surface area contributed by atoms with E-state index in [1.54, 1.807) is 0 Å². The smallest absolute Gasteiger partial charge is 0.231 e. The maximum Gasteiger partial charge on any atom is 0.231 e. The van der Waals surface area contributed by atoms with Gasteiger partial charge in [0, 0.05) is 11.3 Å². The molecular weight excluding hydrogens is 292 g/mol. The van der Waals surface area contributed by atoms with E-state index in [2.05, 4.69) is 32.9 Å². The van der Waals surface area contributed by atoms with E-state index in [0.717, 1.165) is 17.1 Å². The maximum atomic E-state index is 10.1. The molecule has 1 fully saturated rings. The number of aliphatic hydroxyl groups is 1. The van der Waals surface area contributed by atoms with Crippen molar-refractivity contribution in [3.05, 3.63) is 35.4 Å². The second-order valence-electron chi connectivity index (χ2n) is 7.25. The molecule has 2 heterocycles. The number of rotatable bonds is 2. The Labute approximate surface area is 137 Å². The van der Waals surface area contributed by atoms with E-state index in [4.69, 9.17) is 14.2 Å². The van der Waals surface area contributed by atoms with Crippen molar-refractivity contribution in [2.24, 2.45) is 23.2 Å². The first kappa shape index (κ1) is 15.0. The zero-order valence-corrected chi connectivity index (χ0v) is 13.9. The van der Waals surface area contributed by atoms with Crippen molar-refractivity contribution in [2.75, 3.05) is 20.0 Å². The molecule has 5 atom stereocenters. The van der Waals surface area contributed by atoms with Crippen LogP contribution in [0.25, 0.3) is 0 Å². The average Bonchev–Trinajstić information content (AvgIpc) is 3.00. The van der Waals surface area contributed by atoms with E-state index in [0.29, 0.717) is 18.4 Å². The molecule has 4 heteroatoms. The number of ether oxygens (including phenoxy) is 3. The van der Waals surface area contributed by atoms with Gasteiger partial charge in [-0.25, -0.2) is 0 Å². The molecule has 3 aliphatic rings. The quantitative estimate of drug-likeness (QED) is 0.850. The predicted molar refractivity (Wildman–Crippen MR) is 86.4 cm³/mol. The van der Waals surface area contributed by atoms with Gasteiger partial charge in [0.15, 0.2) is 11.5 Å². The Hall–Kier alpha value is -1.52. The second kappa shape index (κ2) is 5.25. The fourth-order valence-corrected chi connectivity index (χ4v) is 4.68. The fourth-order valence-electron chi connectivity index (χ4n) is 4.68. The normalized spacial score (nSPS) is 38.3. The van der Waals surface area contributed by atoms with E-state index in [1.165, 1.54) is 5.57 Å². The van der Waals surface area contributed by atoms with Crippen molar-refractivity contribution >= 4 is 0 Å². The molecule has 124 valence electrons. The van der Waals surface area contributed by atoms with Gasteiger partial charge in [-0.2, -0.15) is 0 Å². The predicted octanol–water partition coefficient (Wildman–Crippen LogP) is 3.31. The maximum absolute atomic E-state index is 10.1. The molecule has 0 amide bonds. The van der Waals surface area contributed by atoms with Crippen molar-refractivity contribution in [1.29, 1.82) is 0 Å². The lowest BCUT2D eigenvalue weighted by molar-refractivity contribution is -0.165. The van der Waals surface area contributed by atoms with Crippen LogP contribution in [0.3, 0.4) is 0 Å². The lowest BCUT2D eigenvalue weighted by Gasteiger charge is -2.55. The Bertz CT molecular complexity index is 653. The molecular formula is C19H24O4. The summed E-state index contributed by atoms with van der Waals surface area (Å²) in [6.07, 6.45) is 2.33.